The summed E-state index contributed by atoms with van der Waals surface area (Å²) in [4.78, 5) is 28.3. The van der Waals surface area contributed by atoms with Crippen molar-refractivity contribution in [2.75, 3.05) is 12.4 Å². The van der Waals surface area contributed by atoms with Gasteiger partial charge in [0.25, 0.3) is 11.8 Å². The Morgan fingerprint density at radius 3 is 2.56 bits per heavy atom. The van der Waals surface area contributed by atoms with E-state index in [0.29, 0.717) is 10.7 Å². The maximum atomic E-state index is 12.4. The first-order valence-electron chi connectivity index (χ1n) is 7.38. The fraction of sp³-hybridized carbons (Fsp3) is 0.0588. The van der Waals surface area contributed by atoms with Gasteiger partial charge in [-0.25, -0.2) is 9.67 Å². The van der Waals surface area contributed by atoms with Crippen LogP contribution in [0, 0.1) is 0 Å². The number of nitrogens with one attached hydrogen (secondary N) is 2. The molecule has 0 aliphatic heterocycles. The zero-order chi connectivity index (χ0) is 17.8. The van der Waals surface area contributed by atoms with Gasteiger partial charge in [-0.3, -0.25) is 9.59 Å². The fourth-order valence-electron chi connectivity index (χ4n) is 2.20. The molecule has 1 heterocycles. The minimum atomic E-state index is -0.526. The van der Waals surface area contributed by atoms with E-state index in [1.807, 2.05) is 30.3 Å². The van der Waals surface area contributed by atoms with Crippen molar-refractivity contribution in [2.24, 2.45) is 0 Å². The van der Waals surface area contributed by atoms with E-state index in [9.17, 15) is 9.59 Å². The molecule has 3 rings (SSSR count). The predicted molar refractivity (Wildman–Crippen MR) is 94.2 cm³/mol. The number of anilines is 1. The number of hydrogen-bond acceptors (Lipinski definition) is 4. The van der Waals surface area contributed by atoms with Crippen molar-refractivity contribution in [3.63, 3.8) is 0 Å². The lowest BCUT2D eigenvalue weighted by atomic mass is 10.1. The SMILES string of the molecule is CNC(=O)c1cc(Cl)ccc1NC(=O)c1ncn(-c2ccccc2)n1. The number of benzene rings is 2. The quantitative estimate of drug-likeness (QED) is 0.752. The summed E-state index contributed by atoms with van der Waals surface area (Å²) in [6.45, 7) is 0. The maximum Gasteiger partial charge on any atom is 0.295 e. The largest absolute Gasteiger partial charge is 0.355 e. The molecule has 2 N–H and O–H groups in total. The molecule has 0 radical (unpaired) electrons. The molecule has 2 amide bonds. The van der Waals surface area contributed by atoms with Crippen LogP contribution in [0.5, 0.6) is 0 Å². The van der Waals surface area contributed by atoms with Crippen molar-refractivity contribution in [2.45, 2.75) is 0 Å². The predicted octanol–water partition coefficient (Wildman–Crippen LogP) is 2.53. The van der Waals surface area contributed by atoms with Gasteiger partial charge in [0.05, 0.1) is 16.9 Å². The highest BCUT2D eigenvalue weighted by Gasteiger charge is 2.17. The van der Waals surface area contributed by atoms with Gasteiger partial charge in [0.2, 0.25) is 5.82 Å². The number of carbonyl (C=O) groups excluding carboxylic acids is 2. The highest BCUT2D eigenvalue weighted by atomic mass is 35.5. The Labute approximate surface area is 148 Å². The second-order valence-corrected chi connectivity index (χ2v) is 5.51. The standard InChI is InChI=1S/C17H14ClN5O2/c1-19-16(24)13-9-11(18)7-8-14(13)21-17(25)15-20-10-23(22-15)12-5-3-2-4-6-12/h2-10H,1H3,(H,19,24)(H,21,25). The molecule has 2 aromatic carbocycles. The molecule has 7 nitrogen and oxygen atoms in total. The van der Waals surface area contributed by atoms with Gasteiger partial charge in [-0.1, -0.05) is 29.8 Å². The zero-order valence-corrected chi connectivity index (χ0v) is 14.0. The van der Waals surface area contributed by atoms with Crippen LogP contribution >= 0.6 is 11.6 Å². The van der Waals surface area contributed by atoms with E-state index in [1.54, 1.807) is 12.1 Å². The molecule has 0 saturated carbocycles. The van der Waals surface area contributed by atoms with Crippen LogP contribution in [-0.4, -0.2) is 33.6 Å². The summed E-state index contributed by atoms with van der Waals surface area (Å²) >= 11 is 5.92. The van der Waals surface area contributed by atoms with Crippen molar-refractivity contribution in [3.8, 4) is 5.69 Å². The van der Waals surface area contributed by atoms with Gasteiger partial charge in [0.15, 0.2) is 0 Å². The summed E-state index contributed by atoms with van der Waals surface area (Å²) in [6, 6.07) is 13.9. The summed E-state index contributed by atoms with van der Waals surface area (Å²) in [5, 5.41) is 9.69. The number of amides is 2. The smallest absolute Gasteiger partial charge is 0.295 e. The Kier molecular flexibility index (Phi) is 4.76. The first-order chi connectivity index (χ1) is 12.1. The number of aromatic nitrogens is 3. The average Bonchev–Trinajstić information content (AvgIpc) is 3.13. The molecule has 0 atom stereocenters. The van der Waals surface area contributed by atoms with E-state index in [1.165, 1.54) is 24.1 Å². The van der Waals surface area contributed by atoms with Gasteiger partial charge in [-0.15, -0.1) is 5.10 Å². The summed E-state index contributed by atoms with van der Waals surface area (Å²) in [7, 11) is 1.50. The molecule has 0 spiro atoms. The Hall–Kier alpha value is -3.19. The van der Waals surface area contributed by atoms with Crippen LogP contribution in [0.4, 0.5) is 5.69 Å². The highest BCUT2D eigenvalue weighted by molar-refractivity contribution is 6.31. The van der Waals surface area contributed by atoms with Crippen molar-refractivity contribution in [1.82, 2.24) is 20.1 Å². The number of nitrogens with zero attached hydrogens (tertiary/aromatic N) is 3. The lowest BCUT2D eigenvalue weighted by Gasteiger charge is -2.09. The number of hydrogen-bond donors (Lipinski definition) is 2. The molecule has 0 saturated heterocycles. The Morgan fingerprint density at radius 2 is 1.84 bits per heavy atom. The van der Waals surface area contributed by atoms with E-state index in [-0.39, 0.29) is 17.3 Å². The molecular formula is C17H14ClN5O2. The average molecular weight is 356 g/mol. The monoisotopic (exact) mass is 355 g/mol. The third-order valence-corrected chi connectivity index (χ3v) is 3.65. The lowest BCUT2D eigenvalue weighted by Crippen LogP contribution is -2.22. The van der Waals surface area contributed by atoms with Crippen LogP contribution in [0.1, 0.15) is 21.0 Å². The van der Waals surface area contributed by atoms with Crippen LogP contribution in [0.3, 0.4) is 0 Å². The van der Waals surface area contributed by atoms with Crippen molar-refractivity contribution >= 4 is 29.1 Å². The van der Waals surface area contributed by atoms with E-state index in [2.05, 4.69) is 20.7 Å². The minimum Gasteiger partial charge on any atom is -0.355 e. The number of para-hydroxylation sites is 1. The first kappa shape index (κ1) is 16.7. The Morgan fingerprint density at radius 1 is 1.08 bits per heavy atom. The van der Waals surface area contributed by atoms with Crippen LogP contribution in [-0.2, 0) is 0 Å². The van der Waals surface area contributed by atoms with Crippen LogP contribution in [0.15, 0.2) is 54.9 Å². The summed E-state index contributed by atoms with van der Waals surface area (Å²) in [5.74, 6) is -0.899. The van der Waals surface area contributed by atoms with Crippen LogP contribution in [0.25, 0.3) is 5.69 Å². The van der Waals surface area contributed by atoms with Crippen LogP contribution in [0.2, 0.25) is 5.02 Å². The normalized spacial score (nSPS) is 10.3. The Balaban J connectivity index is 1.84. The van der Waals surface area contributed by atoms with E-state index in [0.717, 1.165) is 5.69 Å². The summed E-state index contributed by atoms with van der Waals surface area (Å²) in [5.41, 5.74) is 1.36. The molecular weight excluding hydrogens is 342 g/mol. The molecule has 0 fully saturated rings. The van der Waals surface area contributed by atoms with Crippen molar-refractivity contribution in [1.29, 1.82) is 0 Å². The van der Waals surface area contributed by atoms with E-state index < -0.39 is 5.91 Å². The number of halogens is 1. The second-order valence-electron chi connectivity index (χ2n) is 5.07. The number of carbonyl (C=O) groups is 2. The molecule has 3 aromatic rings. The topological polar surface area (TPSA) is 88.9 Å². The van der Waals surface area contributed by atoms with E-state index >= 15 is 0 Å². The molecule has 8 heteroatoms. The van der Waals surface area contributed by atoms with Gasteiger partial charge in [0, 0.05) is 12.1 Å². The molecule has 0 unspecified atom stereocenters. The van der Waals surface area contributed by atoms with Crippen LogP contribution < -0.4 is 10.6 Å². The summed E-state index contributed by atoms with van der Waals surface area (Å²) < 4.78 is 1.50. The molecule has 0 aliphatic rings. The van der Waals surface area contributed by atoms with E-state index in [4.69, 9.17) is 11.6 Å². The van der Waals surface area contributed by atoms with Crippen molar-refractivity contribution in [3.05, 3.63) is 71.3 Å². The van der Waals surface area contributed by atoms with Gasteiger partial charge in [-0.05, 0) is 30.3 Å². The Bertz CT molecular complexity index is 924. The molecule has 126 valence electrons. The summed E-state index contributed by atoms with van der Waals surface area (Å²) in [6.07, 6.45) is 1.45. The third kappa shape index (κ3) is 3.67. The molecule has 1 aromatic heterocycles. The molecule has 0 aliphatic carbocycles. The maximum absolute atomic E-state index is 12.4. The van der Waals surface area contributed by atoms with Gasteiger partial charge in [0.1, 0.15) is 6.33 Å². The number of rotatable bonds is 4. The van der Waals surface area contributed by atoms with Gasteiger partial charge >= 0.3 is 0 Å². The second kappa shape index (κ2) is 7.14. The lowest BCUT2D eigenvalue weighted by molar-refractivity contribution is 0.0964. The molecule has 25 heavy (non-hydrogen) atoms. The van der Waals surface area contributed by atoms with Crippen molar-refractivity contribution < 1.29 is 9.59 Å². The molecule has 0 bridgehead atoms. The first-order valence-corrected chi connectivity index (χ1v) is 7.76. The third-order valence-electron chi connectivity index (χ3n) is 3.42. The highest BCUT2D eigenvalue weighted by Crippen LogP contribution is 2.21. The van der Waals surface area contributed by atoms with Gasteiger partial charge in [-0.2, -0.15) is 0 Å². The fourth-order valence-corrected chi connectivity index (χ4v) is 2.37. The zero-order valence-electron chi connectivity index (χ0n) is 13.2. The van der Waals surface area contributed by atoms with Gasteiger partial charge < -0.3 is 10.6 Å². The minimum absolute atomic E-state index is 0.0124.